The summed E-state index contributed by atoms with van der Waals surface area (Å²) < 4.78 is 42.2. The molecular weight excluding hydrogens is 197 g/mol. The molecule has 0 fully saturated rings. The number of nitrogens with two attached hydrogens (primary N) is 1. The summed E-state index contributed by atoms with van der Waals surface area (Å²) in [6.45, 7) is 0. The van der Waals surface area contributed by atoms with Gasteiger partial charge in [0, 0.05) is 11.3 Å². The van der Waals surface area contributed by atoms with Crippen molar-refractivity contribution in [3.05, 3.63) is 29.6 Å². The SMILES string of the molecule is Nc1ccc(CS(=O)(=O)O)c(F)c1. The first-order chi connectivity index (χ1) is 5.88. The van der Waals surface area contributed by atoms with Crippen LogP contribution in [0.4, 0.5) is 10.1 Å². The number of rotatable bonds is 2. The highest BCUT2D eigenvalue weighted by Gasteiger charge is 2.10. The maximum absolute atomic E-state index is 12.9. The minimum absolute atomic E-state index is 0.100. The minimum Gasteiger partial charge on any atom is -0.399 e. The van der Waals surface area contributed by atoms with Crippen molar-refractivity contribution in [2.24, 2.45) is 0 Å². The molecule has 0 atom stereocenters. The summed E-state index contributed by atoms with van der Waals surface area (Å²) in [6, 6.07) is 3.59. The van der Waals surface area contributed by atoms with Crippen LogP contribution in [0.25, 0.3) is 0 Å². The van der Waals surface area contributed by atoms with Gasteiger partial charge in [0.25, 0.3) is 10.1 Å². The van der Waals surface area contributed by atoms with Crippen molar-refractivity contribution in [2.75, 3.05) is 5.73 Å². The van der Waals surface area contributed by atoms with Crippen molar-refractivity contribution in [3.8, 4) is 0 Å². The van der Waals surface area contributed by atoms with E-state index in [1.165, 1.54) is 12.1 Å². The summed E-state index contributed by atoms with van der Waals surface area (Å²) in [4.78, 5) is 0. The van der Waals surface area contributed by atoms with Crippen LogP contribution in [-0.2, 0) is 15.9 Å². The van der Waals surface area contributed by atoms with Gasteiger partial charge in [-0.2, -0.15) is 8.42 Å². The molecule has 1 aromatic carbocycles. The molecule has 6 heteroatoms. The molecule has 13 heavy (non-hydrogen) atoms. The van der Waals surface area contributed by atoms with Crippen LogP contribution in [0, 0.1) is 5.82 Å². The molecule has 1 aromatic rings. The van der Waals surface area contributed by atoms with E-state index in [2.05, 4.69) is 0 Å². The van der Waals surface area contributed by atoms with Gasteiger partial charge in [-0.15, -0.1) is 0 Å². The van der Waals surface area contributed by atoms with Crippen LogP contribution in [0.15, 0.2) is 18.2 Å². The predicted octanol–water partition coefficient (Wildman–Crippen LogP) is 0.796. The Balaban J connectivity index is 3.04. The Kier molecular flexibility index (Phi) is 2.53. The average molecular weight is 205 g/mol. The summed E-state index contributed by atoms with van der Waals surface area (Å²) in [7, 11) is -4.19. The Morgan fingerprint density at radius 1 is 1.46 bits per heavy atom. The lowest BCUT2D eigenvalue weighted by molar-refractivity contribution is 0.480. The van der Waals surface area contributed by atoms with E-state index >= 15 is 0 Å². The lowest BCUT2D eigenvalue weighted by Crippen LogP contribution is -2.04. The molecule has 0 aliphatic carbocycles. The average Bonchev–Trinajstić information content (AvgIpc) is 1.93. The van der Waals surface area contributed by atoms with E-state index in [1.54, 1.807) is 0 Å². The van der Waals surface area contributed by atoms with Crippen LogP contribution < -0.4 is 5.73 Å². The van der Waals surface area contributed by atoms with Crippen LogP contribution in [0.5, 0.6) is 0 Å². The quantitative estimate of drug-likeness (QED) is 0.552. The molecule has 0 saturated heterocycles. The monoisotopic (exact) mass is 205 g/mol. The molecule has 1 rings (SSSR count). The van der Waals surface area contributed by atoms with E-state index in [1.807, 2.05) is 0 Å². The van der Waals surface area contributed by atoms with E-state index in [-0.39, 0.29) is 11.3 Å². The Labute approximate surface area is 74.9 Å². The number of benzene rings is 1. The molecule has 0 unspecified atom stereocenters. The first-order valence-corrected chi connectivity index (χ1v) is 4.98. The summed E-state index contributed by atoms with van der Waals surface area (Å²) in [5.41, 5.74) is 5.34. The molecule has 0 saturated carbocycles. The van der Waals surface area contributed by atoms with E-state index in [0.717, 1.165) is 6.07 Å². The van der Waals surface area contributed by atoms with Crippen LogP contribution in [0.3, 0.4) is 0 Å². The van der Waals surface area contributed by atoms with Gasteiger partial charge in [-0.1, -0.05) is 6.07 Å². The number of hydrogen-bond donors (Lipinski definition) is 2. The largest absolute Gasteiger partial charge is 0.399 e. The zero-order chi connectivity index (χ0) is 10.1. The van der Waals surface area contributed by atoms with Crippen molar-refractivity contribution in [3.63, 3.8) is 0 Å². The van der Waals surface area contributed by atoms with E-state index in [9.17, 15) is 12.8 Å². The molecular formula is C7H8FNO3S. The highest BCUT2D eigenvalue weighted by atomic mass is 32.2. The molecule has 0 radical (unpaired) electrons. The molecule has 0 aromatic heterocycles. The highest BCUT2D eigenvalue weighted by Crippen LogP contribution is 2.13. The molecule has 3 N–H and O–H groups in total. The third-order valence-corrected chi connectivity index (χ3v) is 2.09. The van der Waals surface area contributed by atoms with Gasteiger partial charge in [-0.05, 0) is 12.1 Å². The van der Waals surface area contributed by atoms with Gasteiger partial charge in [0.15, 0.2) is 0 Å². The smallest absolute Gasteiger partial charge is 0.269 e. The molecule has 0 aliphatic heterocycles. The molecule has 0 bridgehead atoms. The fourth-order valence-electron chi connectivity index (χ4n) is 0.877. The lowest BCUT2D eigenvalue weighted by Gasteiger charge is -2.01. The minimum atomic E-state index is -4.19. The van der Waals surface area contributed by atoms with Crippen LogP contribution in [0.1, 0.15) is 5.56 Å². The summed E-state index contributed by atoms with van der Waals surface area (Å²) in [5.74, 6) is -1.48. The van der Waals surface area contributed by atoms with Crippen molar-refractivity contribution in [2.45, 2.75) is 5.75 Å². The van der Waals surface area contributed by atoms with Crippen molar-refractivity contribution >= 4 is 15.8 Å². The van der Waals surface area contributed by atoms with Gasteiger partial charge in [0.1, 0.15) is 11.6 Å². The Hall–Kier alpha value is -1.14. The Bertz CT molecular complexity index is 416. The number of hydrogen-bond acceptors (Lipinski definition) is 3. The normalized spacial score (nSPS) is 11.5. The van der Waals surface area contributed by atoms with Gasteiger partial charge >= 0.3 is 0 Å². The Morgan fingerprint density at radius 2 is 2.08 bits per heavy atom. The molecule has 0 aliphatic rings. The first-order valence-electron chi connectivity index (χ1n) is 3.37. The lowest BCUT2D eigenvalue weighted by atomic mass is 10.2. The van der Waals surface area contributed by atoms with Crippen molar-refractivity contribution in [1.82, 2.24) is 0 Å². The zero-order valence-electron chi connectivity index (χ0n) is 6.57. The molecule has 0 amide bonds. The highest BCUT2D eigenvalue weighted by molar-refractivity contribution is 7.85. The van der Waals surface area contributed by atoms with E-state index in [4.69, 9.17) is 10.3 Å². The fraction of sp³-hybridized carbons (Fsp3) is 0.143. The van der Waals surface area contributed by atoms with Crippen LogP contribution >= 0.6 is 0 Å². The maximum atomic E-state index is 12.9. The van der Waals surface area contributed by atoms with Gasteiger partial charge in [0.05, 0.1) is 0 Å². The standard InChI is InChI=1S/C7H8FNO3S/c8-7-3-6(9)2-1-5(7)4-13(10,11)12/h1-3H,4,9H2,(H,10,11,12). The summed E-state index contributed by atoms with van der Waals surface area (Å²) in [6.07, 6.45) is 0. The second kappa shape index (κ2) is 3.31. The van der Waals surface area contributed by atoms with Crippen LogP contribution in [-0.4, -0.2) is 13.0 Å². The summed E-state index contributed by atoms with van der Waals surface area (Å²) >= 11 is 0. The predicted molar refractivity (Wildman–Crippen MR) is 46.1 cm³/mol. The molecule has 4 nitrogen and oxygen atoms in total. The first kappa shape index (κ1) is 9.94. The van der Waals surface area contributed by atoms with E-state index < -0.39 is 21.7 Å². The number of nitrogen functional groups attached to an aromatic ring is 1. The van der Waals surface area contributed by atoms with Gasteiger partial charge in [-0.25, -0.2) is 4.39 Å². The topological polar surface area (TPSA) is 80.4 Å². The molecule has 0 spiro atoms. The van der Waals surface area contributed by atoms with Crippen molar-refractivity contribution in [1.29, 1.82) is 0 Å². The van der Waals surface area contributed by atoms with E-state index in [0.29, 0.717) is 0 Å². The van der Waals surface area contributed by atoms with Gasteiger partial charge < -0.3 is 5.73 Å². The third kappa shape index (κ3) is 3.00. The number of anilines is 1. The summed E-state index contributed by atoms with van der Waals surface area (Å²) in [5, 5.41) is 0. The Morgan fingerprint density at radius 3 is 2.54 bits per heavy atom. The van der Waals surface area contributed by atoms with Gasteiger partial charge in [0.2, 0.25) is 0 Å². The second-order valence-electron chi connectivity index (χ2n) is 2.58. The fourth-order valence-corrected chi connectivity index (χ4v) is 1.50. The van der Waals surface area contributed by atoms with Crippen LogP contribution in [0.2, 0.25) is 0 Å². The van der Waals surface area contributed by atoms with Gasteiger partial charge in [-0.3, -0.25) is 4.55 Å². The maximum Gasteiger partial charge on any atom is 0.269 e. The number of halogens is 1. The molecule has 72 valence electrons. The second-order valence-corrected chi connectivity index (χ2v) is 4.03. The molecule has 0 heterocycles. The zero-order valence-corrected chi connectivity index (χ0v) is 7.38. The van der Waals surface area contributed by atoms with Crippen molar-refractivity contribution < 1.29 is 17.4 Å². The third-order valence-electron chi connectivity index (χ3n) is 1.42.